The Balaban J connectivity index is 1.69. The molecule has 2 aliphatic rings. The summed E-state index contributed by atoms with van der Waals surface area (Å²) in [6, 6.07) is 12.5. The van der Waals surface area contributed by atoms with Gasteiger partial charge in [0.15, 0.2) is 0 Å². The van der Waals surface area contributed by atoms with E-state index < -0.39 is 17.7 Å². The number of aliphatic hydroxyl groups excluding tert-OH is 1. The van der Waals surface area contributed by atoms with Gasteiger partial charge in [-0.25, -0.2) is 0 Å². The number of ether oxygens (including phenoxy) is 2. The van der Waals surface area contributed by atoms with Gasteiger partial charge >= 0.3 is 0 Å². The summed E-state index contributed by atoms with van der Waals surface area (Å²) in [4.78, 5) is 30.0. The third kappa shape index (κ3) is 5.66. The summed E-state index contributed by atoms with van der Waals surface area (Å²) in [6.07, 6.45) is 1.90. The van der Waals surface area contributed by atoms with Crippen molar-refractivity contribution in [1.29, 1.82) is 0 Å². The Labute approximate surface area is 205 Å². The van der Waals surface area contributed by atoms with E-state index in [4.69, 9.17) is 9.47 Å². The van der Waals surface area contributed by atoms with Crippen molar-refractivity contribution in [1.82, 2.24) is 9.80 Å². The zero-order chi connectivity index (χ0) is 24.8. The first kappa shape index (κ1) is 24.8. The monoisotopic (exact) mass is 480 g/mol. The van der Waals surface area contributed by atoms with E-state index in [0.717, 1.165) is 25.9 Å². The largest absolute Gasteiger partial charge is 0.508 e. The summed E-state index contributed by atoms with van der Waals surface area (Å²) in [5, 5.41) is 21.4. The average molecular weight is 481 g/mol. The predicted molar refractivity (Wildman–Crippen MR) is 131 cm³/mol. The maximum Gasteiger partial charge on any atom is 0.295 e. The van der Waals surface area contributed by atoms with E-state index in [1.807, 2.05) is 0 Å². The second kappa shape index (κ2) is 11.4. The Bertz CT molecular complexity index is 1090. The average Bonchev–Trinajstić information content (AvgIpc) is 3.13. The number of aliphatic hydroxyl groups is 1. The van der Waals surface area contributed by atoms with Gasteiger partial charge in [-0.3, -0.25) is 14.5 Å². The minimum absolute atomic E-state index is 0.00767. The molecular weight excluding hydrogens is 448 g/mol. The number of likely N-dealkylation sites (tertiary alicyclic amines) is 1. The van der Waals surface area contributed by atoms with Crippen LogP contribution in [0.1, 0.15) is 36.9 Å². The van der Waals surface area contributed by atoms with Gasteiger partial charge in [0.2, 0.25) is 0 Å². The first-order chi connectivity index (χ1) is 17.0. The molecule has 2 saturated heterocycles. The number of carbonyl (C=O) groups is 2. The van der Waals surface area contributed by atoms with Crippen LogP contribution < -0.4 is 4.74 Å². The molecule has 35 heavy (non-hydrogen) atoms. The van der Waals surface area contributed by atoms with Crippen LogP contribution in [0.2, 0.25) is 0 Å². The van der Waals surface area contributed by atoms with E-state index in [9.17, 15) is 19.8 Å². The summed E-state index contributed by atoms with van der Waals surface area (Å²) in [5.74, 6) is -1.06. The van der Waals surface area contributed by atoms with Crippen LogP contribution in [0.15, 0.2) is 54.1 Å². The molecule has 186 valence electrons. The number of unbranched alkanes of at least 4 members (excludes halogenated alkanes) is 1. The van der Waals surface area contributed by atoms with Gasteiger partial charge in [-0.05, 0) is 36.2 Å². The normalized spacial score (nSPS) is 20.4. The number of ketones is 1. The number of rotatable bonds is 9. The first-order valence-electron chi connectivity index (χ1n) is 12.1. The molecule has 2 heterocycles. The SMILES string of the molecule is CCCCOc1cccc(/C(O)=C2\C(=O)C(=O)N(CCN3CCOCC3)C2c2cccc(O)c2)c1. The van der Waals surface area contributed by atoms with Crippen LogP contribution in [-0.4, -0.2) is 77.7 Å². The molecule has 2 aromatic rings. The van der Waals surface area contributed by atoms with Crippen LogP contribution in [0.3, 0.4) is 0 Å². The highest BCUT2D eigenvalue weighted by molar-refractivity contribution is 6.46. The molecule has 0 saturated carbocycles. The highest BCUT2D eigenvalue weighted by Gasteiger charge is 2.46. The fourth-order valence-electron chi connectivity index (χ4n) is 4.45. The molecule has 2 aliphatic heterocycles. The van der Waals surface area contributed by atoms with E-state index in [0.29, 0.717) is 49.8 Å². The lowest BCUT2D eigenvalue weighted by Crippen LogP contribution is -2.42. The Morgan fingerprint density at radius 3 is 2.60 bits per heavy atom. The van der Waals surface area contributed by atoms with Gasteiger partial charge in [0.05, 0.1) is 31.4 Å². The molecule has 2 aromatic carbocycles. The summed E-state index contributed by atoms with van der Waals surface area (Å²) in [5.41, 5.74) is 0.965. The van der Waals surface area contributed by atoms with Gasteiger partial charge in [-0.15, -0.1) is 0 Å². The molecule has 1 atom stereocenters. The molecule has 8 nitrogen and oxygen atoms in total. The number of morpholine rings is 1. The van der Waals surface area contributed by atoms with Crippen LogP contribution in [0.4, 0.5) is 0 Å². The molecule has 0 aliphatic carbocycles. The number of aromatic hydroxyl groups is 1. The predicted octanol–water partition coefficient (Wildman–Crippen LogP) is 3.33. The lowest BCUT2D eigenvalue weighted by Gasteiger charge is -2.31. The van der Waals surface area contributed by atoms with Gasteiger partial charge in [-0.1, -0.05) is 37.6 Å². The van der Waals surface area contributed by atoms with Gasteiger partial charge in [-0.2, -0.15) is 0 Å². The molecular formula is C27H32N2O6. The van der Waals surface area contributed by atoms with Crippen molar-refractivity contribution < 1.29 is 29.3 Å². The molecule has 4 rings (SSSR count). The van der Waals surface area contributed by atoms with E-state index >= 15 is 0 Å². The zero-order valence-electron chi connectivity index (χ0n) is 20.0. The van der Waals surface area contributed by atoms with Crippen LogP contribution >= 0.6 is 0 Å². The fourth-order valence-corrected chi connectivity index (χ4v) is 4.45. The molecule has 0 bridgehead atoms. The molecule has 0 radical (unpaired) electrons. The van der Waals surface area contributed by atoms with Crippen molar-refractivity contribution in [2.45, 2.75) is 25.8 Å². The maximum atomic E-state index is 13.2. The second-order valence-electron chi connectivity index (χ2n) is 8.77. The van der Waals surface area contributed by atoms with Crippen LogP contribution in [0.25, 0.3) is 5.76 Å². The second-order valence-corrected chi connectivity index (χ2v) is 8.77. The molecule has 1 amide bonds. The lowest BCUT2D eigenvalue weighted by molar-refractivity contribution is -0.140. The van der Waals surface area contributed by atoms with Crippen LogP contribution in [0, 0.1) is 0 Å². The molecule has 8 heteroatoms. The molecule has 0 spiro atoms. The number of amides is 1. The van der Waals surface area contributed by atoms with Crippen molar-refractivity contribution >= 4 is 17.4 Å². The number of Topliss-reactive ketones (excluding diaryl/α,β-unsaturated/α-hetero) is 1. The maximum absolute atomic E-state index is 13.2. The van der Waals surface area contributed by atoms with E-state index in [2.05, 4.69) is 11.8 Å². The standard InChI is InChI=1S/C27H32N2O6/c1-2-3-14-35-22-9-5-7-20(18-22)25(31)23-24(19-6-4-8-21(30)17-19)29(27(33)26(23)32)11-10-28-12-15-34-16-13-28/h4-9,17-18,24,30-31H,2-3,10-16H2,1H3/b25-23+. The minimum atomic E-state index is -0.812. The number of phenols is 1. The summed E-state index contributed by atoms with van der Waals surface area (Å²) in [7, 11) is 0. The highest BCUT2D eigenvalue weighted by Crippen LogP contribution is 2.40. The number of nitrogens with zero attached hydrogens (tertiary/aromatic N) is 2. The summed E-state index contributed by atoms with van der Waals surface area (Å²) >= 11 is 0. The smallest absolute Gasteiger partial charge is 0.295 e. The van der Waals surface area contributed by atoms with Crippen molar-refractivity contribution in [3.05, 3.63) is 65.2 Å². The third-order valence-electron chi connectivity index (χ3n) is 6.36. The third-order valence-corrected chi connectivity index (χ3v) is 6.36. The number of carbonyl (C=O) groups excluding carboxylic acids is 2. The van der Waals surface area contributed by atoms with Crippen molar-refractivity contribution in [2.24, 2.45) is 0 Å². The Morgan fingerprint density at radius 2 is 1.86 bits per heavy atom. The fraction of sp³-hybridized carbons (Fsp3) is 0.407. The van der Waals surface area contributed by atoms with E-state index in [1.165, 1.54) is 17.0 Å². The summed E-state index contributed by atoms with van der Waals surface area (Å²) < 4.78 is 11.2. The van der Waals surface area contributed by atoms with E-state index in [-0.39, 0.29) is 17.1 Å². The van der Waals surface area contributed by atoms with Crippen molar-refractivity contribution in [3.8, 4) is 11.5 Å². The minimum Gasteiger partial charge on any atom is -0.508 e. The topological polar surface area (TPSA) is 99.5 Å². The number of hydrogen-bond acceptors (Lipinski definition) is 7. The molecule has 0 aromatic heterocycles. The zero-order valence-corrected chi connectivity index (χ0v) is 20.0. The van der Waals surface area contributed by atoms with Gasteiger partial charge in [0.25, 0.3) is 11.7 Å². The Morgan fingerprint density at radius 1 is 1.09 bits per heavy atom. The lowest BCUT2D eigenvalue weighted by atomic mass is 9.95. The van der Waals surface area contributed by atoms with E-state index in [1.54, 1.807) is 36.4 Å². The van der Waals surface area contributed by atoms with Crippen LogP contribution in [0.5, 0.6) is 11.5 Å². The van der Waals surface area contributed by atoms with Crippen molar-refractivity contribution in [3.63, 3.8) is 0 Å². The number of benzene rings is 2. The van der Waals surface area contributed by atoms with Crippen molar-refractivity contribution in [2.75, 3.05) is 46.0 Å². The van der Waals surface area contributed by atoms with Gasteiger partial charge in [0.1, 0.15) is 17.3 Å². The first-order valence-corrected chi connectivity index (χ1v) is 12.1. The van der Waals surface area contributed by atoms with Gasteiger partial charge < -0.3 is 24.6 Å². The number of hydrogen-bond donors (Lipinski definition) is 2. The van der Waals surface area contributed by atoms with Gasteiger partial charge in [0, 0.05) is 31.7 Å². The molecule has 1 unspecified atom stereocenters. The van der Waals surface area contributed by atoms with Crippen LogP contribution in [-0.2, 0) is 14.3 Å². The quantitative estimate of drug-likeness (QED) is 0.246. The Hall–Kier alpha value is -3.36. The summed E-state index contributed by atoms with van der Waals surface area (Å²) in [6.45, 7) is 6.28. The molecule has 2 fully saturated rings. The molecule has 2 N–H and O–H groups in total. The highest BCUT2D eigenvalue weighted by atomic mass is 16.5. The Kier molecular flexibility index (Phi) is 8.05. The number of phenolic OH excluding ortho intramolecular Hbond substituents is 1.